The Balaban J connectivity index is 0.982. The van der Waals surface area contributed by atoms with Gasteiger partial charge in [0, 0.05) is 11.4 Å². The monoisotopic (exact) mass is 1210 g/mol. The first kappa shape index (κ1) is 56.0. The van der Waals surface area contributed by atoms with Crippen molar-refractivity contribution in [3.05, 3.63) is 326 Å². The predicted molar refractivity (Wildman–Crippen MR) is 367 cm³/mol. The van der Waals surface area contributed by atoms with Gasteiger partial charge in [0.25, 0.3) is 11.8 Å². The fourth-order valence-electron chi connectivity index (χ4n) is 13.8. The fourth-order valence-corrected chi connectivity index (χ4v) is 13.8. The summed E-state index contributed by atoms with van der Waals surface area (Å²) in [7, 11) is 0. The van der Waals surface area contributed by atoms with Crippen LogP contribution in [0.5, 0.6) is 0 Å². The van der Waals surface area contributed by atoms with Gasteiger partial charge in [-0.15, -0.1) is 0 Å². The van der Waals surface area contributed by atoms with Crippen LogP contribution in [0.4, 0.5) is 85.8 Å². The van der Waals surface area contributed by atoms with Crippen molar-refractivity contribution in [3.8, 4) is 78.9 Å². The van der Waals surface area contributed by atoms with Gasteiger partial charge in [0.2, 0.25) is 0 Å². The first-order valence-electron chi connectivity index (χ1n) is 30.7. The number of halogens is 4. The molecule has 0 spiro atoms. The summed E-state index contributed by atoms with van der Waals surface area (Å²) in [6, 6.07) is 102. The average molecular weight is 1210 g/mol. The van der Waals surface area contributed by atoms with Gasteiger partial charge in [0.05, 0.1) is 85.5 Å². The third-order valence-corrected chi connectivity index (χ3v) is 18.0. The van der Waals surface area contributed by atoms with E-state index < -0.39 is 51.9 Å². The third kappa shape index (κ3) is 9.46. The first-order valence-corrected chi connectivity index (χ1v) is 30.7. The van der Waals surface area contributed by atoms with Crippen molar-refractivity contribution in [2.75, 3.05) is 19.6 Å². The number of nitrogens with zero attached hydrogens (tertiary/aromatic N) is 6. The quantitative estimate of drug-likeness (QED) is 0.127. The van der Waals surface area contributed by atoms with Gasteiger partial charge >= 0.3 is 0 Å². The molecule has 0 N–H and O–H groups in total. The Kier molecular flexibility index (Phi) is 13.5. The molecule has 0 bridgehead atoms. The Bertz CT molecular complexity index is 4630. The van der Waals surface area contributed by atoms with Gasteiger partial charge in [-0.2, -0.15) is 10.5 Å². The average Bonchev–Trinajstić information content (AvgIpc) is 1.64. The number of hydrogen-bond acceptors (Lipinski definition) is 6. The summed E-state index contributed by atoms with van der Waals surface area (Å²) in [5.74, 6) is -8.55. The maximum atomic E-state index is 18.4. The standard InChI is InChI=1S/C83H52F4N6/c84-82(85)53-83(86,87)79-78(82)80(92-70-43-35-62(56-23-11-3-12-24-56)47-74(70)90(66-39-31-60(32-40-66)54-19-7-1-8-20-54)75-48-63(36-44-71(75)92)57-25-13-4-14-26-57)68(51-88)69(52-89)81(79)93-72-45-37-64(58-27-15-5-16-28-58)49-76(72)91(67-41-33-61(34-42-67)55-21-9-2-10-22-55)77-50-65(38-46-73(77)93)59-29-17-6-18-30-59/h1-50H,53H2. The number of rotatable bonds is 10. The van der Waals surface area contributed by atoms with Crippen LogP contribution < -0.4 is 19.6 Å². The molecular weight excluding hydrogens is 1160 g/mol. The lowest BCUT2D eigenvalue weighted by molar-refractivity contribution is -0.0920. The van der Waals surface area contributed by atoms with E-state index in [-0.39, 0.29) is 0 Å². The van der Waals surface area contributed by atoms with Crippen LogP contribution in [-0.4, -0.2) is 0 Å². The van der Waals surface area contributed by atoms with Gasteiger partial charge < -0.3 is 19.6 Å². The summed E-state index contributed by atoms with van der Waals surface area (Å²) in [6.07, 6.45) is -1.92. The number of alkyl halides is 4. The van der Waals surface area contributed by atoms with Crippen LogP contribution in [0.15, 0.2) is 303 Å². The van der Waals surface area contributed by atoms with E-state index in [4.69, 9.17) is 0 Å². The van der Waals surface area contributed by atoms with E-state index in [2.05, 4.69) is 21.9 Å². The molecular formula is C83H52F4N6. The highest BCUT2D eigenvalue weighted by atomic mass is 19.3. The van der Waals surface area contributed by atoms with E-state index >= 15 is 17.6 Å². The largest absolute Gasteiger partial charge is 0.306 e. The molecule has 10 heteroatoms. The Hall–Kier alpha value is -12.2. The molecule has 16 rings (SSSR count). The van der Waals surface area contributed by atoms with Gasteiger partial charge in [-0.1, -0.05) is 231 Å². The van der Waals surface area contributed by atoms with Crippen LogP contribution >= 0.6 is 0 Å². The molecule has 0 aromatic heterocycles. The minimum atomic E-state index is -4.27. The van der Waals surface area contributed by atoms with Gasteiger partial charge in [-0.05, 0) is 140 Å². The minimum Gasteiger partial charge on any atom is -0.306 e. The number of hydrogen-bond donors (Lipinski definition) is 0. The molecule has 2 heterocycles. The van der Waals surface area contributed by atoms with Crippen LogP contribution in [0.1, 0.15) is 28.7 Å². The smallest absolute Gasteiger partial charge is 0.281 e. The second kappa shape index (κ2) is 22.4. The van der Waals surface area contributed by atoms with Gasteiger partial charge in [-0.3, -0.25) is 0 Å². The third-order valence-electron chi connectivity index (χ3n) is 18.0. The summed E-state index contributed by atoms with van der Waals surface area (Å²) < 4.78 is 73.5. The molecule has 442 valence electrons. The molecule has 0 atom stereocenters. The van der Waals surface area contributed by atoms with Crippen LogP contribution in [0.3, 0.4) is 0 Å². The lowest BCUT2D eigenvalue weighted by atomic mass is 9.89. The van der Waals surface area contributed by atoms with Crippen molar-refractivity contribution in [3.63, 3.8) is 0 Å². The summed E-state index contributed by atoms with van der Waals surface area (Å²) in [5, 5.41) is 24.1. The SMILES string of the molecule is N#Cc1c(C#N)c(N2c3ccc(-c4ccccc4)cc3N(c3ccc(-c4ccccc4)cc3)c3cc(-c4ccccc4)ccc32)c2c(c1N1c3ccc(-c4ccccc4)cc3N(c3ccc(-c4ccccc4)cc3)c3cc(-c4ccccc4)ccc31)C(F)(F)CC2(F)F. The first-order chi connectivity index (χ1) is 45.5. The Morgan fingerprint density at radius 2 is 0.462 bits per heavy atom. The number of fused-ring (bicyclic) bond motifs is 5. The van der Waals surface area contributed by atoms with E-state index in [9.17, 15) is 10.5 Å². The van der Waals surface area contributed by atoms with Gasteiger partial charge in [-0.25, -0.2) is 17.6 Å². The van der Waals surface area contributed by atoms with Crippen LogP contribution in [-0.2, 0) is 11.8 Å². The van der Waals surface area contributed by atoms with Crippen molar-refractivity contribution in [2.24, 2.45) is 0 Å². The summed E-state index contributed by atoms with van der Waals surface area (Å²) in [5.41, 5.74) is 11.2. The van der Waals surface area contributed by atoms with Crippen molar-refractivity contribution in [1.29, 1.82) is 10.5 Å². The van der Waals surface area contributed by atoms with Gasteiger partial charge in [0.15, 0.2) is 0 Å². The molecule has 13 aromatic carbocycles. The second-order valence-electron chi connectivity index (χ2n) is 23.5. The number of benzene rings is 13. The molecule has 1 aliphatic carbocycles. The minimum absolute atomic E-state index is 0.313. The van der Waals surface area contributed by atoms with E-state index in [1.54, 1.807) is 24.3 Å². The lowest BCUT2D eigenvalue weighted by Gasteiger charge is -2.44. The Labute approximate surface area is 535 Å². The second-order valence-corrected chi connectivity index (χ2v) is 23.5. The normalized spacial score (nSPS) is 13.8. The molecule has 0 saturated heterocycles. The van der Waals surface area contributed by atoms with Crippen molar-refractivity contribution in [2.45, 2.75) is 18.3 Å². The highest BCUT2D eigenvalue weighted by Crippen LogP contribution is 2.68. The van der Waals surface area contributed by atoms with Crippen LogP contribution in [0, 0.1) is 22.7 Å². The topological polar surface area (TPSA) is 60.5 Å². The summed E-state index contributed by atoms with van der Waals surface area (Å²) in [4.78, 5) is 7.17. The molecule has 0 fully saturated rings. The van der Waals surface area contributed by atoms with Crippen molar-refractivity contribution < 1.29 is 17.6 Å². The zero-order valence-electron chi connectivity index (χ0n) is 49.8. The molecule has 0 unspecified atom stereocenters. The van der Waals surface area contributed by atoms with Crippen molar-refractivity contribution in [1.82, 2.24) is 0 Å². The molecule has 3 aliphatic rings. The predicted octanol–water partition coefficient (Wildman–Crippen LogP) is 23.5. The maximum Gasteiger partial charge on any atom is 0.281 e. The summed E-state index contributed by atoms with van der Waals surface area (Å²) >= 11 is 0. The summed E-state index contributed by atoms with van der Waals surface area (Å²) in [6.45, 7) is 0. The fraction of sp³-hybridized carbons (Fsp3) is 0.0361. The Morgan fingerprint density at radius 3 is 0.699 bits per heavy atom. The highest BCUT2D eigenvalue weighted by Gasteiger charge is 2.61. The molecule has 13 aromatic rings. The van der Waals surface area contributed by atoms with E-state index in [1.807, 2.05) is 279 Å². The van der Waals surface area contributed by atoms with Crippen molar-refractivity contribution >= 4 is 68.2 Å². The van der Waals surface area contributed by atoms with E-state index in [1.165, 1.54) is 9.80 Å². The molecule has 93 heavy (non-hydrogen) atoms. The zero-order chi connectivity index (χ0) is 63.0. The van der Waals surface area contributed by atoms with Crippen LogP contribution in [0.25, 0.3) is 66.8 Å². The lowest BCUT2D eigenvalue weighted by Crippen LogP contribution is -2.29. The number of anilines is 12. The van der Waals surface area contributed by atoms with Gasteiger partial charge in [0.1, 0.15) is 12.1 Å². The Morgan fingerprint density at radius 1 is 0.247 bits per heavy atom. The van der Waals surface area contributed by atoms with Crippen LogP contribution in [0.2, 0.25) is 0 Å². The molecule has 0 amide bonds. The van der Waals surface area contributed by atoms with E-state index in [0.717, 1.165) is 78.1 Å². The van der Waals surface area contributed by atoms with E-state index in [0.29, 0.717) is 45.5 Å². The highest BCUT2D eigenvalue weighted by molar-refractivity contribution is 6.09. The maximum absolute atomic E-state index is 18.4. The zero-order valence-corrected chi connectivity index (χ0v) is 49.8. The molecule has 6 nitrogen and oxygen atoms in total. The molecule has 2 aliphatic heterocycles. The molecule has 0 radical (unpaired) electrons. The number of nitriles is 2. The molecule has 0 saturated carbocycles.